The number of nitrogens with zero attached hydrogens (tertiary/aromatic N) is 2. The van der Waals surface area contributed by atoms with Gasteiger partial charge in [-0.15, -0.1) is 0 Å². The summed E-state index contributed by atoms with van der Waals surface area (Å²) in [4.78, 5) is 48.0. The fourth-order valence-electron chi connectivity index (χ4n) is 11.3. The molecule has 2 saturated heterocycles. The summed E-state index contributed by atoms with van der Waals surface area (Å²) in [6.07, 6.45) is 10.8. The molecule has 0 unspecified atom stereocenters. The van der Waals surface area contributed by atoms with Gasteiger partial charge in [0.2, 0.25) is 17.7 Å². The molecule has 6 fully saturated rings. The fourth-order valence-corrected chi connectivity index (χ4v) is 11.7. The van der Waals surface area contributed by atoms with E-state index in [4.69, 9.17) is 23.2 Å². The lowest BCUT2D eigenvalue weighted by Crippen LogP contribution is -2.63. The predicted molar refractivity (Wildman–Crippen MR) is 189 cm³/mol. The molecule has 3 atom stereocenters. The second kappa shape index (κ2) is 11.9. The van der Waals surface area contributed by atoms with Gasteiger partial charge in [-0.1, -0.05) is 67.6 Å². The summed E-state index contributed by atoms with van der Waals surface area (Å²) in [6, 6.07) is 9.55. The summed E-state index contributed by atoms with van der Waals surface area (Å²) in [5.41, 5.74) is -1.10. The van der Waals surface area contributed by atoms with Crippen LogP contribution in [0.4, 0.5) is 10.1 Å². The van der Waals surface area contributed by atoms with Crippen molar-refractivity contribution in [3.63, 3.8) is 0 Å². The second-order valence-electron chi connectivity index (χ2n) is 16.2. The standard InChI is InChI=1S/C39H47Cl2FN4O3/c1-24-11-21-46(22-12-24)35(49)36-15-18-37(19-16-36,20-17-36)44-33(47)32-30(26-7-6-8-28(41)31(26)42)39(38(45(32)2)13-4-3-5-14-38)27-10-9-25(40)23-29(27)43-34(39)48/h6-10,23-24,30,32H,3-5,11-22H2,1-2H3,(H,43,48)(H,44,47)/t30-,32+,36?,37?,39+/m0/s1. The van der Waals surface area contributed by atoms with Crippen LogP contribution in [0.15, 0.2) is 36.4 Å². The van der Waals surface area contributed by atoms with Crippen LogP contribution in [0.2, 0.25) is 10.0 Å². The van der Waals surface area contributed by atoms with Crippen LogP contribution in [0.1, 0.15) is 107 Å². The van der Waals surface area contributed by atoms with Gasteiger partial charge < -0.3 is 15.5 Å². The van der Waals surface area contributed by atoms with E-state index in [1.54, 1.807) is 24.3 Å². The van der Waals surface area contributed by atoms with Crippen LogP contribution in [-0.2, 0) is 19.8 Å². The van der Waals surface area contributed by atoms with Gasteiger partial charge in [0.05, 0.1) is 11.1 Å². The van der Waals surface area contributed by atoms with Gasteiger partial charge in [-0.2, -0.15) is 0 Å². The lowest BCUT2D eigenvalue weighted by Gasteiger charge is -2.54. The molecule has 2 bridgehead atoms. The first kappa shape index (κ1) is 33.5. The summed E-state index contributed by atoms with van der Waals surface area (Å²) in [5, 5.41) is 7.13. The van der Waals surface area contributed by atoms with Crippen LogP contribution in [0.3, 0.4) is 0 Å². The normalized spacial score (nSPS) is 34.0. The molecule has 7 nitrogen and oxygen atoms in total. The van der Waals surface area contributed by atoms with Gasteiger partial charge >= 0.3 is 0 Å². The van der Waals surface area contributed by atoms with Gasteiger partial charge in [-0.3, -0.25) is 19.3 Å². The first-order chi connectivity index (χ1) is 23.5. The monoisotopic (exact) mass is 708 g/mol. The van der Waals surface area contributed by atoms with Crippen molar-refractivity contribution >= 4 is 46.6 Å². The molecule has 4 saturated carbocycles. The quantitative estimate of drug-likeness (QED) is 0.343. The van der Waals surface area contributed by atoms with E-state index >= 15 is 9.18 Å². The lowest BCUT2D eigenvalue weighted by atomic mass is 9.55. The van der Waals surface area contributed by atoms with Crippen molar-refractivity contribution < 1.29 is 18.8 Å². The molecule has 49 heavy (non-hydrogen) atoms. The average Bonchev–Trinajstić information content (AvgIpc) is 3.51. The minimum absolute atomic E-state index is 0.0314. The number of anilines is 1. The van der Waals surface area contributed by atoms with E-state index in [1.807, 2.05) is 13.1 Å². The van der Waals surface area contributed by atoms with Gasteiger partial charge in [0.15, 0.2) is 0 Å². The molecule has 2 spiro atoms. The Kier molecular flexibility index (Phi) is 8.16. The van der Waals surface area contributed by atoms with Crippen LogP contribution in [0, 0.1) is 17.2 Å². The molecule has 3 aliphatic heterocycles. The average molecular weight is 710 g/mol. The largest absolute Gasteiger partial charge is 0.349 e. The van der Waals surface area contributed by atoms with Crippen LogP contribution < -0.4 is 10.6 Å². The summed E-state index contributed by atoms with van der Waals surface area (Å²) >= 11 is 12.9. The minimum atomic E-state index is -1.25. The van der Waals surface area contributed by atoms with Gasteiger partial charge in [0.25, 0.3) is 0 Å². The molecule has 3 amide bonds. The van der Waals surface area contributed by atoms with E-state index in [9.17, 15) is 9.59 Å². The maximum atomic E-state index is 16.4. The Bertz CT molecular complexity index is 1680. The third-order valence-corrected chi connectivity index (χ3v) is 14.6. The van der Waals surface area contributed by atoms with E-state index in [0.717, 1.165) is 89.3 Å². The van der Waals surface area contributed by atoms with Crippen molar-refractivity contribution in [3.8, 4) is 0 Å². The minimum Gasteiger partial charge on any atom is -0.349 e. The molecule has 0 aromatic heterocycles. The zero-order valence-corrected chi connectivity index (χ0v) is 30.1. The highest BCUT2D eigenvalue weighted by Gasteiger charge is 2.75. The number of hydrogen-bond acceptors (Lipinski definition) is 4. The van der Waals surface area contributed by atoms with Gasteiger partial charge in [0, 0.05) is 46.2 Å². The summed E-state index contributed by atoms with van der Waals surface area (Å²) < 4.78 is 16.4. The number of amides is 3. The molecule has 262 valence electrons. The highest BCUT2D eigenvalue weighted by atomic mass is 35.5. The molecule has 9 rings (SSSR count). The van der Waals surface area contributed by atoms with Crippen LogP contribution >= 0.6 is 23.2 Å². The van der Waals surface area contributed by atoms with Gasteiger partial charge in [0.1, 0.15) is 11.2 Å². The molecule has 0 radical (unpaired) electrons. The Morgan fingerprint density at radius 1 is 0.939 bits per heavy atom. The van der Waals surface area contributed by atoms with E-state index < -0.39 is 34.3 Å². The van der Waals surface area contributed by atoms with Crippen molar-refractivity contribution in [1.82, 2.24) is 15.1 Å². The molecular formula is C39H47Cl2FN4O3. The number of rotatable bonds is 4. The Hall–Kier alpha value is -2.68. The molecule has 3 heterocycles. The summed E-state index contributed by atoms with van der Waals surface area (Å²) in [5.74, 6) is -0.877. The number of carbonyl (C=O) groups excluding carboxylic acids is 3. The number of likely N-dealkylation sites (tertiary alicyclic amines) is 2. The Labute approximate surface area is 298 Å². The molecule has 2 aromatic rings. The maximum absolute atomic E-state index is 16.4. The number of carbonyl (C=O) groups is 3. The fraction of sp³-hybridized carbons (Fsp3) is 0.615. The smallest absolute Gasteiger partial charge is 0.238 e. The third-order valence-electron chi connectivity index (χ3n) is 14.0. The van der Waals surface area contributed by atoms with Gasteiger partial charge in [-0.05, 0) is 106 Å². The first-order valence-electron chi connectivity index (χ1n) is 18.4. The topological polar surface area (TPSA) is 81.8 Å². The molecular weight excluding hydrogens is 662 g/mol. The van der Waals surface area contributed by atoms with Crippen molar-refractivity contribution in [1.29, 1.82) is 0 Å². The first-order valence-corrected chi connectivity index (χ1v) is 19.1. The van der Waals surface area contributed by atoms with E-state index in [1.165, 1.54) is 6.07 Å². The third kappa shape index (κ3) is 4.78. The summed E-state index contributed by atoms with van der Waals surface area (Å²) in [7, 11) is 1.96. The highest BCUT2D eigenvalue weighted by Crippen LogP contribution is 2.66. The SMILES string of the molecule is CC1CCN(C(=O)C23CCC(NC(=O)[C@H]4[C@H](c5cccc(Cl)c5F)[C@]5(C(=O)Nc6cc(Cl)ccc65)C5(CCCCC5)N4C)(CC2)CC3)CC1. The van der Waals surface area contributed by atoms with Crippen LogP contribution in [-0.4, -0.2) is 64.8 Å². The number of benzene rings is 2. The van der Waals surface area contributed by atoms with Crippen LogP contribution in [0.5, 0.6) is 0 Å². The molecule has 4 aliphatic carbocycles. The van der Waals surface area contributed by atoms with E-state index in [0.29, 0.717) is 35.4 Å². The molecule has 2 aromatic carbocycles. The Morgan fingerprint density at radius 3 is 2.29 bits per heavy atom. The van der Waals surface area contributed by atoms with Crippen molar-refractivity contribution in [2.45, 2.75) is 119 Å². The van der Waals surface area contributed by atoms with Crippen LogP contribution in [0.25, 0.3) is 0 Å². The van der Waals surface area contributed by atoms with Crippen molar-refractivity contribution in [2.24, 2.45) is 11.3 Å². The van der Waals surface area contributed by atoms with E-state index in [2.05, 4.69) is 27.4 Å². The van der Waals surface area contributed by atoms with Gasteiger partial charge in [-0.25, -0.2) is 4.39 Å². The second-order valence-corrected chi connectivity index (χ2v) is 17.1. The number of fused-ring (bicyclic) bond motifs is 6. The molecule has 10 heteroatoms. The summed E-state index contributed by atoms with van der Waals surface area (Å²) in [6.45, 7) is 3.94. The number of halogens is 3. The van der Waals surface area contributed by atoms with Crippen molar-refractivity contribution in [3.05, 3.63) is 63.4 Å². The lowest BCUT2D eigenvalue weighted by molar-refractivity contribution is -0.152. The molecule has 7 aliphatic rings. The number of nitrogens with one attached hydrogen (secondary N) is 2. The number of hydrogen-bond donors (Lipinski definition) is 2. The zero-order valence-electron chi connectivity index (χ0n) is 28.6. The maximum Gasteiger partial charge on any atom is 0.238 e. The molecule has 2 N–H and O–H groups in total. The highest BCUT2D eigenvalue weighted by molar-refractivity contribution is 6.31. The van der Waals surface area contributed by atoms with Crippen molar-refractivity contribution in [2.75, 3.05) is 25.5 Å². The number of likely N-dealkylation sites (N-methyl/N-ethyl adjacent to an activating group) is 1. The Balaban J connectivity index is 1.17. The Morgan fingerprint density at radius 2 is 1.61 bits per heavy atom. The van der Waals surface area contributed by atoms with E-state index in [-0.39, 0.29) is 27.8 Å². The number of piperidine rings is 1. The zero-order chi connectivity index (χ0) is 34.3. The predicted octanol–water partition coefficient (Wildman–Crippen LogP) is 7.59.